The molecule has 0 fully saturated rings. The first-order chi connectivity index (χ1) is 15.4. The molecule has 1 N–H and O–H groups in total. The minimum atomic E-state index is -3.77. The maximum Gasteiger partial charge on any atom is 0.243 e. The number of anilines is 1. The average Bonchev–Trinajstić information content (AvgIpc) is 3.52. The highest BCUT2D eigenvalue weighted by atomic mass is 32.2. The zero-order valence-electron chi connectivity index (χ0n) is 17.6. The molecule has 0 radical (unpaired) electrons. The lowest BCUT2D eigenvalue weighted by Gasteiger charge is -2.17. The highest BCUT2D eigenvalue weighted by Gasteiger charge is 2.26. The Morgan fingerprint density at radius 1 is 1.12 bits per heavy atom. The van der Waals surface area contributed by atoms with Crippen LogP contribution in [-0.4, -0.2) is 48.1 Å². The number of sulfonamides is 1. The zero-order chi connectivity index (χ0) is 22.7. The predicted octanol–water partition coefficient (Wildman–Crippen LogP) is 3.29. The van der Waals surface area contributed by atoms with Crippen LogP contribution in [0, 0.1) is 6.92 Å². The Morgan fingerprint density at radius 3 is 2.47 bits per heavy atom. The number of methoxy groups -OCH3 is 2. The molecule has 4 rings (SSSR count). The maximum absolute atomic E-state index is 12.9. The first kappa shape index (κ1) is 21.8. The largest absolute Gasteiger partial charge is 0.494 e. The van der Waals surface area contributed by atoms with Crippen molar-refractivity contribution in [2.75, 3.05) is 24.7 Å². The second-order valence-electron chi connectivity index (χ2n) is 6.72. The van der Waals surface area contributed by atoms with Gasteiger partial charge in [0.2, 0.25) is 21.8 Å². The molecule has 4 aromatic rings. The number of aryl methyl sites for hydroxylation is 2. The summed E-state index contributed by atoms with van der Waals surface area (Å²) in [6.07, 6.45) is 1.78. The Balaban J connectivity index is 1.76. The second-order valence-corrected chi connectivity index (χ2v) is 9.51. The monoisotopic (exact) mass is 475 g/mol. The number of ether oxygens (including phenoxy) is 2. The van der Waals surface area contributed by atoms with E-state index in [0.717, 1.165) is 10.7 Å². The summed E-state index contributed by atoms with van der Waals surface area (Å²) < 4.78 is 46.3. The van der Waals surface area contributed by atoms with Crippen LogP contribution in [0.2, 0.25) is 0 Å². The van der Waals surface area contributed by atoms with E-state index in [9.17, 15) is 8.42 Å². The smallest absolute Gasteiger partial charge is 0.243 e. The molecule has 0 bridgehead atoms. The van der Waals surface area contributed by atoms with Crippen LogP contribution >= 0.6 is 11.3 Å². The van der Waals surface area contributed by atoms with Crippen molar-refractivity contribution in [3.63, 3.8) is 0 Å². The van der Waals surface area contributed by atoms with Crippen molar-refractivity contribution < 1.29 is 22.3 Å². The fourth-order valence-corrected chi connectivity index (χ4v) is 4.99. The Kier molecular flexibility index (Phi) is 6.15. The first-order valence-corrected chi connectivity index (χ1v) is 12.1. The van der Waals surface area contributed by atoms with E-state index in [4.69, 9.17) is 13.9 Å². The number of rotatable bonds is 9. The third kappa shape index (κ3) is 4.46. The summed E-state index contributed by atoms with van der Waals surface area (Å²) in [4.78, 5) is 4.32. The molecule has 12 heteroatoms. The van der Waals surface area contributed by atoms with Crippen molar-refractivity contribution in [1.29, 1.82) is 0 Å². The zero-order valence-corrected chi connectivity index (χ0v) is 19.2. The van der Waals surface area contributed by atoms with Crippen molar-refractivity contribution >= 4 is 27.3 Å². The minimum absolute atomic E-state index is 0.0190. The normalized spacial score (nSPS) is 11.5. The fourth-order valence-electron chi connectivity index (χ4n) is 3.11. The van der Waals surface area contributed by atoms with E-state index in [2.05, 4.69) is 19.9 Å². The summed E-state index contributed by atoms with van der Waals surface area (Å²) in [5, 5.41) is 10.9. The van der Waals surface area contributed by atoms with Gasteiger partial charge in [0.05, 0.1) is 31.2 Å². The lowest BCUT2D eigenvalue weighted by Crippen LogP contribution is -2.21. The van der Waals surface area contributed by atoms with Crippen molar-refractivity contribution in [3.8, 4) is 28.8 Å². The molecule has 0 amide bonds. The molecule has 0 saturated heterocycles. The summed E-state index contributed by atoms with van der Waals surface area (Å²) in [5.41, 5.74) is 1.30. The molecule has 0 atom stereocenters. The molecular weight excluding hydrogens is 454 g/mol. The standard InChI is InChI=1S/C20H21N5O5S2/c1-13-12-31-17(21-13)9-11-32(26,27)24-20-23-22-19(16-8-5-10-30-16)25(20)18-14(28-2)6-4-7-15(18)29-3/h4-8,10,12H,9,11H2,1-3H3,(H,23,24). The molecule has 0 spiro atoms. The van der Waals surface area contributed by atoms with Gasteiger partial charge in [0.1, 0.15) is 17.2 Å². The van der Waals surface area contributed by atoms with Gasteiger partial charge in [-0.1, -0.05) is 6.07 Å². The molecule has 10 nitrogen and oxygen atoms in total. The minimum Gasteiger partial charge on any atom is -0.494 e. The van der Waals surface area contributed by atoms with Gasteiger partial charge >= 0.3 is 0 Å². The molecule has 168 valence electrons. The predicted molar refractivity (Wildman–Crippen MR) is 120 cm³/mol. The van der Waals surface area contributed by atoms with Crippen LogP contribution in [0.3, 0.4) is 0 Å². The van der Waals surface area contributed by atoms with Crippen LogP contribution in [0.1, 0.15) is 10.7 Å². The number of aromatic nitrogens is 4. The van der Waals surface area contributed by atoms with Gasteiger partial charge in [-0.2, -0.15) is 0 Å². The molecule has 0 saturated carbocycles. The van der Waals surface area contributed by atoms with Crippen LogP contribution in [-0.2, 0) is 16.4 Å². The number of nitrogens with zero attached hydrogens (tertiary/aromatic N) is 4. The Bertz CT molecular complexity index is 1290. The van der Waals surface area contributed by atoms with E-state index in [1.165, 1.54) is 36.4 Å². The van der Waals surface area contributed by atoms with Crippen molar-refractivity contribution in [2.24, 2.45) is 0 Å². The molecule has 3 aromatic heterocycles. The molecule has 0 aliphatic heterocycles. The van der Waals surface area contributed by atoms with Gasteiger partial charge < -0.3 is 13.9 Å². The maximum atomic E-state index is 12.9. The molecule has 0 aliphatic rings. The summed E-state index contributed by atoms with van der Waals surface area (Å²) in [6, 6.07) is 8.62. The number of hydrogen-bond acceptors (Lipinski definition) is 9. The average molecular weight is 476 g/mol. The quantitative estimate of drug-likeness (QED) is 0.391. The summed E-state index contributed by atoms with van der Waals surface area (Å²) in [5.74, 6) is 1.38. The van der Waals surface area contributed by atoms with Gasteiger partial charge in [0, 0.05) is 17.5 Å². The van der Waals surface area contributed by atoms with Crippen LogP contribution in [0.4, 0.5) is 5.95 Å². The summed E-state index contributed by atoms with van der Waals surface area (Å²) in [7, 11) is -0.750. The van der Waals surface area contributed by atoms with Crippen LogP contribution in [0.25, 0.3) is 17.3 Å². The number of hydrogen-bond donors (Lipinski definition) is 1. The highest BCUT2D eigenvalue weighted by molar-refractivity contribution is 7.92. The molecule has 32 heavy (non-hydrogen) atoms. The molecule has 3 heterocycles. The van der Waals surface area contributed by atoms with Gasteiger partial charge in [-0.3, -0.25) is 9.29 Å². The van der Waals surface area contributed by atoms with Crippen molar-refractivity contribution in [3.05, 3.63) is 52.7 Å². The highest BCUT2D eigenvalue weighted by Crippen LogP contribution is 2.37. The van der Waals surface area contributed by atoms with E-state index in [1.54, 1.807) is 30.3 Å². The summed E-state index contributed by atoms with van der Waals surface area (Å²) >= 11 is 1.43. The first-order valence-electron chi connectivity index (χ1n) is 9.54. The third-order valence-corrected chi connectivity index (χ3v) is 6.79. The van der Waals surface area contributed by atoms with Crippen LogP contribution in [0.5, 0.6) is 11.5 Å². The Hall–Kier alpha value is -3.38. The van der Waals surface area contributed by atoms with Gasteiger partial charge in [0.15, 0.2) is 5.76 Å². The third-order valence-electron chi connectivity index (χ3n) is 4.53. The Morgan fingerprint density at radius 2 is 1.88 bits per heavy atom. The fraction of sp³-hybridized carbons (Fsp3) is 0.250. The lowest BCUT2D eigenvalue weighted by atomic mass is 10.2. The molecular formula is C20H21N5O5S2. The second kappa shape index (κ2) is 9.01. The summed E-state index contributed by atoms with van der Waals surface area (Å²) in [6.45, 7) is 1.87. The van der Waals surface area contributed by atoms with Gasteiger partial charge in [0.25, 0.3) is 0 Å². The van der Waals surface area contributed by atoms with Gasteiger partial charge in [-0.05, 0) is 31.2 Å². The lowest BCUT2D eigenvalue weighted by molar-refractivity contribution is 0.391. The molecule has 1 aromatic carbocycles. The Labute approximate surface area is 188 Å². The van der Waals surface area contributed by atoms with E-state index >= 15 is 0 Å². The molecule has 0 unspecified atom stereocenters. The van der Waals surface area contributed by atoms with E-state index < -0.39 is 10.0 Å². The molecule has 0 aliphatic carbocycles. The number of benzene rings is 1. The number of furan rings is 1. The van der Waals surface area contributed by atoms with E-state index in [1.807, 2.05) is 12.3 Å². The van der Waals surface area contributed by atoms with Gasteiger partial charge in [-0.15, -0.1) is 21.5 Å². The number of nitrogens with one attached hydrogen (secondary N) is 1. The van der Waals surface area contributed by atoms with Crippen LogP contribution in [0.15, 0.2) is 46.4 Å². The van der Waals surface area contributed by atoms with E-state index in [0.29, 0.717) is 22.9 Å². The number of thiazole rings is 1. The van der Waals surface area contributed by atoms with Crippen molar-refractivity contribution in [1.82, 2.24) is 19.7 Å². The van der Waals surface area contributed by atoms with E-state index in [-0.39, 0.29) is 23.9 Å². The van der Waals surface area contributed by atoms with Crippen LogP contribution < -0.4 is 14.2 Å². The SMILES string of the molecule is COc1cccc(OC)c1-n1c(NS(=O)(=O)CCc2nc(C)cs2)nnc1-c1ccco1. The van der Waals surface area contributed by atoms with Crippen molar-refractivity contribution in [2.45, 2.75) is 13.3 Å². The number of para-hydroxylation sites is 1. The topological polar surface area (TPSA) is 121 Å². The van der Waals surface area contributed by atoms with Gasteiger partial charge in [-0.25, -0.2) is 13.4 Å².